The summed E-state index contributed by atoms with van der Waals surface area (Å²) in [5.41, 5.74) is 3.53. The van der Waals surface area contributed by atoms with Crippen LogP contribution in [0.25, 0.3) is 0 Å². The number of rotatable bonds is 6. The molecule has 1 saturated heterocycles. The van der Waals surface area contributed by atoms with Gasteiger partial charge in [-0.2, -0.15) is 0 Å². The number of anilines is 2. The number of likely N-dealkylation sites (tertiary alicyclic amines) is 1. The molecule has 2 aliphatic carbocycles. The molecule has 36 heavy (non-hydrogen) atoms. The Morgan fingerprint density at radius 1 is 1.11 bits per heavy atom. The van der Waals surface area contributed by atoms with Crippen LogP contribution in [0.4, 0.5) is 16.2 Å². The standard InChI is InChI=1S/C28H38N4O4/c1-17(2)36-28(35)31-14-19(4)32(27(34)20-6-7-20)24-11-8-21(13-25(24)31)22-12-18(3)30(15-22)16-26(33)29(5)23-9-10-23/h8,11,13,17,19-20,22-23H,3,6-7,9-10,12,14-16H2,1-2,4-5H3. The molecule has 8 heteroatoms. The highest BCUT2D eigenvalue weighted by molar-refractivity contribution is 6.04. The Labute approximate surface area is 213 Å². The lowest BCUT2D eigenvalue weighted by atomic mass is 9.95. The number of carbonyl (C=O) groups excluding carboxylic acids is 3. The first-order valence-electron chi connectivity index (χ1n) is 13.3. The average Bonchev–Trinajstić information content (AvgIpc) is 3.74. The number of hydrogen-bond donors (Lipinski definition) is 0. The van der Waals surface area contributed by atoms with Crippen molar-refractivity contribution in [2.45, 2.75) is 77.0 Å². The van der Waals surface area contributed by atoms with Crippen molar-refractivity contribution in [2.75, 3.05) is 36.5 Å². The molecule has 2 atom stereocenters. The Morgan fingerprint density at radius 2 is 1.83 bits per heavy atom. The zero-order valence-electron chi connectivity index (χ0n) is 21.9. The smallest absolute Gasteiger partial charge is 0.414 e. The Balaban J connectivity index is 1.40. The number of carbonyl (C=O) groups is 3. The highest BCUT2D eigenvalue weighted by Gasteiger charge is 2.42. The van der Waals surface area contributed by atoms with Gasteiger partial charge in [-0.15, -0.1) is 0 Å². The highest BCUT2D eigenvalue weighted by atomic mass is 16.6. The maximum absolute atomic E-state index is 13.2. The normalized spacial score (nSPS) is 23.7. The Kier molecular flexibility index (Phi) is 6.47. The Hall–Kier alpha value is -3.03. The highest BCUT2D eigenvalue weighted by Crippen LogP contribution is 2.43. The quantitative estimate of drug-likeness (QED) is 0.595. The van der Waals surface area contributed by atoms with Crippen LogP contribution in [-0.2, 0) is 14.3 Å². The van der Waals surface area contributed by atoms with Crippen molar-refractivity contribution in [3.8, 4) is 0 Å². The largest absolute Gasteiger partial charge is 0.446 e. The van der Waals surface area contributed by atoms with E-state index in [1.807, 2.05) is 49.8 Å². The van der Waals surface area contributed by atoms with Gasteiger partial charge >= 0.3 is 6.09 Å². The maximum atomic E-state index is 13.2. The van der Waals surface area contributed by atoms with Gasteiger partial charge in [0.1, 0.15) is 0 Å². The summed E-state index contributed by atoms with van der Waals surface area (Å²) in [6.07, 6.45) is 4.19. The number of hydrogen-bond acceptors (Lipinski definition) is 5. The van der Waals surface area contributed by atoms with Gasteiger partial charge in [0, 0.05) is 43.7 Å². The first kappa shape index (κ1) is 24.7. The lowest BCUT2D eigenvalue weighted by Crippen LogP contribution is -2.52. The predicted octanol–water partition coefficient (Wildman–Crippen LogP) is 4.11. The van der Waals surface area contributed by atoms with Crippen LogP contribution in [0.2, 0.25) is 0 Å². The van der Waals surface area contributed by atoms with E-state index >= 15 is 0 Å². The zero-order valence-corrected chi connectivity index (χ0v) is 21.9. The first-order chi connectivity index (χ1) is 17.1. The van der Waals surface area contributed by atoms with Crippen LogP contribution in [-0.4, -0.2) is 72.6 Å². The summed E-state index contributed by atoms with van der Waals surface area (Å²) in [6, 6.07) is 6.34. The average molecular weight is 495 g/mol. The molecule has 5 rings (SSSR count). The van der Waals surface area contributed by atoms with Crippen LogP contribution < -0.4 is 9.80 Å². The third kappa shape index (κ3) is 4.82. The van der Waals surface area contributed by atoms with Gasteiger partial charge in [-0.25, -0.2) is 4.79 Å². The minimum absolute atomic E-state index is 0.0900. The molecule has 0 spiro atoms. The summed E-state index contributed by atoms with van der Waals surface area (Å²) < 4.78 is 5.56. The number of fused-ring (bicyclic) bond motifs is 1. The molecule has 3 fully saturated rings. The molecule has 194 valence electrons. The van der Waals surface area contributed by atoms with E-state index in [9.17, 15) is 14.4 Å². The second-order valence-corrected chi connectivity index (χ2v) is 11.2. The van der Waals surface area contributed by atoms with Crippen LogP contribution in [0.3, 0.4) is 0 Å². The van der Waals surface area contributed by atoms with Gasteiger partial charge in [0.05, 0.1) is 30.1 Å². The Bertz CT molecular complexity index is 1080. The number of nitrogens with zero attached hydrogens (tertiary/aromatic N) is 4. The van der Waals surface area contributed by atoms with E-state index in [0.29, 0.717) is 25.7 Å². The van der Waals surface area contributed by atoms with Crippen molar-refractivity contribution in [3.63, 3.8) is 0 Å². The molecule has 1 aromatic carbocycles. The SMILES string of the molecule is C=C1CC(c2ccc3c(c2)N(C(=O)OC(C)C)CC(C)N3C(=O)C2CC2)CN1CC(=O)N(C)C1CC1. The zero-order chi connectivity index (χ0) is 25.7. The van der Waals surface area contributed by atoms with Crippen molar-refractivity contribution in [1.82, 2.24) is 9.80 Å². The van der Waals surface area contributed by atoms with Crippen LogP contribution in [0.1, 0.15) is 64.4 Å². The molecule has 2 aliphatic heterocycles. The van der Waals surface area contributed by atoms with Crippen molar-refractivity contribution in [1.29, 1.82) is 0 Å². The third-order valence-corrected chi connectivity index (χ3v) is 7.81. The molecule has 0 bridgehead atoms. The van der Waals surface area contributed by atoms with Gasteiger partial charge in [-0.3, -0.25) is 14.5 Å². The van der Waals surface area contributed by atoms with Crippen molar-refractivity contribution in [2.24, 2.45) is 5.92 Å². The summed E-state index contributed by atoms with van der Waals surface area (Å²) in [7, 11) is 1.89. The topological polar surface area (TPSA) is 73.4 Å². The fraction of sp³-hybridized carbons (Fsp3) is 0.607. The number of ether oxygens (including phenoxy) is 1. The molecule has 1 aromatic rings. The molecule has 8 nitrogen and oxygen atoms in total. The van der Waals surface area contributed by atoms with Gasteiger partial charge < -0.3 is 19.4 Å². The summed E-state index contributed by atoms with van der Waals surface area (Å²) in [6.45, 7) is 11.4. The van der Waals surface area contributed by atoms with Gasteiger partial charge in [0.15, 0.2) is 0 Å². The van der Waals surface area contributed by atoms with Crippen LogP contribution >= 0.6 is 0 Å². The molecule has 0 aromatic heterocycles. The molecule has 0 N–H and O–H groups in total. The summed E-state index contributed by atoms with van der Waals surface area (Å²) in [5.74, 6) is 0.534. The lowest BCUT2D eigenvalue weighted by Gasteiger charge is -2.41. The van der Waals surface area contributed by atoms with Crippen molar-refractivity contribution in [3.05, 3.63) is 36.0 Å². The Morgan fingerprint density at radius 3 is 2.47 bits per heavy atom. The summed E-state index contributed by atoms with van der Waals surface area (Å²) in [5, 5.41) is 0. The first-order valence-corrected chi connectivity index (χ1v) is 13.3. The number of allylic oxidation sites excluding steroid dienone is 1. The van der Waals surface area contributed by atoms with Gasteiger partial charge in [0.2, 0.25) is 11.8 Å². The minimum atomic E-state index is -0.389. The van der Waals surface area contributed by atoms with Crippen LogP contribution in [0, 0.1) is 5.92 Å². The molecule has 2 saturated carbocycles. The van der Waals surface area contributed by atoms with E-state index in [-0.39, 0.29) is 41.9 Å². The van der Waals surface area contributed by atoms with Crippen molar-refractivity contribution < 1.29 is 19.1 Å². The van der Waals surface area contributed by atoms with E-state index in [1.54, 1.807) is 4.90 Å². The van der Waals surface area contributed by atoms with Crippen LogP contribution in [0.5, 0.6) is 0 Å². The van der Waals surface area contributed by atoms with E-state index in [4.69, 9.17) is 4.74 Å². The minimum Gasteiger partial charge on any atom is -0.446 e. The second-order valence-electron chi connectivity index (χ2n) is 11.2. The van der Waals surface area contributed by atoms with E-state index in [1.165, 1.54) is 0 Å². The molecule has 2 heterocycles. The number of likely N-dealkylation sites (N-methyl/N-ethyl adjacent to an activating group) is 1. The maximum Gasteiger partial charge on any atom is 0.414 e. The second kappa shape index (κ2) is 9.45. The molecular weight excluding hydrogens is 456 g/mol. The molecular formula is C28H38N4O4. The number of benzene rings is 1. The third-order valence-electron chi connectivity index (χ3n) is 7.81. The summed E-state index contributed by atoms with van der Waals surface area (Å²) in [4.78, 5) is 46.4. The van der Waals surface area contributed by atoms with E-state index in [0.717, 1.165) is 54.7 Å². The molecule has 2 unspecified atom stereocenters. The fourth-order valence-electron chi connectivity index (χ4n) is 5.41. The lowest BCUT2D eigenvalue weighted by molar-refractivity contribution is -0.131. The van der Waals surface area contributed by atoms with Crippen LogP contribution in [0.15, 0.2) is 30.5 Å². The van der Waals surface area contributed by atoms with E-state index in [2.05, 4.69) is 17.5 Å². The van der Waals surface area contributed by atoms with Gasteiger partial charge in [0.25, 0.3) is 0 Å². The molecule has 3 amide bonds. The number of amides is 3. The van der Waals surface area contributed by atoms with Gasteiger partial charge in [-0.05, 0) is 70.6 Å². The monoisotopic (exact) mass is 494 g/mol. The fourth-order valence-corrected chi connectivity index (χ4v) is 5.41. The van der Waals surface area contributed by atoms with Gasteiger partial charge in [-0.1, -0.05) is 12.6 Å². The van der Waals surface area contributed by atoms with E-state index < -0.39 is 0 Å². The summed E-state index contributed by atoms with van der Waals surface area (Å²) >= 11 is 0. The molecule has 0 radical (unpaired) electrons. The van der Waals surface area contributed by atoms with Crippen molar-refractivity contribution >= 4 is 29.3 Å². The molecule has 4 aliphatic rings. The predicted molar refractivity (Wildman–Crippen MR) is 139 cm³/mol.